The number of hydrogen-bond acceptors (Lipinski definition) is 4. The number of rotatable bonds is 7. The highest BCUT2D eigenvalue weighted by molar-refractivity contribution is 5.92. The van der Waals surface area contributed by atoms with E-state index in [-0.39, 0.29) is 23.7 Å². The van der Waals surface area contributed by atoms with Crippen molar-refractivity contribution in [1.29, 1.82) is 0 Å². The van der Waals surface area contributed by atoms with Crippen molar-refractivity contribution in [1.82, 2.24) is 14.7 Å². The van der Waals surface area contributed by atoms with Crippen LogP contribution < -0.4 is 5.32 Å². The summed E-state index contributed by atoms with van der Waals surface area (Å²) in [6, 6.07) is 6.06. The second-order valence-electron chi connectivity index (χ2n) is 8.46. The Labute approximate surface area is 179 Å². The number of benzene rings is 1. The van der Waals surface area contributed by atoms with E-state index in [1.165, 1.54) is 31.4 Å². The lowest BCUT2D eigenvalue weighted by Gasteiger charge is -2.41. The second-order valence-corrected chi connectivity index (χ2v) is 8.46. The molecule has 0 bridgehead atoms. The molecule has 1 atom stereocenters. The number of amides is 2. The highest BCUT2D eigenvalue weighted by Crippen LogP contribution is 2.24. The Balaban J connectivity index is 1.45. The summed E-state index contributed by atoms with van der Waals surface area (Å²) in [4.78, 5) is 31.8. The van der Waals surface area contributed by atoms with E-state index in [0.29, 0.717) is 18.3 Å². The topological polar surface area (TPSA) is 55.9 Å². The lowest BCUT2D eigenvalue weighted by Crippen LogP contribution is -2.56. The number of carbonyl (C=O) groups excluding carboxylic acids is 2. The molecule has 1 heterocycles. The minimum absolute atomic E-state index is 0.103. The Bertz CT molecular complexity index is 698. The first kappa shape index (κ1) is 22.7. The van der Waals surface area contributed by atoms with E-state index in [0.717, 1.165) is 45.6 Å². The summed E-state index contributed by atoms with van der Waals surface area (Å²) < 4.78 is 13.0. The molecule has 0 unspecified atom stereocenters. The zero-order valence-electron chi connectivity index (χ0n) is 18.3. The minimum Gasteiger partial charge on any atom is -0.339 e. The van der Waals surface area contributed by atoms with E-state index >= 15 is 0 Å². The smallest absolute Gasteiger partial charge is 0.239 e. The largest absolute Gasteiger partial charge is 0.339 e. The molecular formula is C23H35FN4O2. The Morgan fingerprint density at radius 1 is 1.10 bits per heavy atom. The molecule has 3 rings (SSSR count). The molecule has 1 saturated carbocycles. The van der Waals surface area contributed by atoms with Gasteiger partial charge < -0.3 is 10.2 Å². The monoisotopic (exact) mass is 418 g/mol. The van der Waals surface area contributed by atoms with Gasteiger partial charge in [-0.05, 0) is 51.0 Å². The molecular weight excluding hydrogens is 383 g/mol. The highest BCUT2D eigenvalue weighted by Gasteiger charge is 2.32. The molecule has 1 aromatic rings. The van der Waals surface area contributed by atoms with E-state index in [9.17, 15) is 14.0 Å². The first-order valence-corrected chi connectivity index (χ1v) is 11.3. The highest BCUT2D eigenvalue weighted by atomic mass is 19.1. The summed E-state index contributed by atoms with van der Waals surface area (Å²) in [5.74, 6) is -0.182. The summed E-state index contributed by atoms with van der Waals surface area (Å²) in [5.41, 5.74) is 0.599. The van der Waals surface area contributed by atoms with Gasteiger partial charge in [-0.15, -0.1) is 0 Å². The van der Waals surface area contributed by atoms with Gasteiger partial charge in [-0.2, -0.15) is 0 Å². The third-order valence-electron chi connectivity index (χ3n) is 6.45. The summed E-state index contributed by atoms with van der Waals surface area (Å²) >= 11 is 0. The normalized spacial score (nSPS) is 20.0. The molecule has 0 aromatic heterocycles. The summed E-state index contributed by atoms with van der Waals surface area (Å²) in [6.07, 6.45) is 5.99. The summed E-state index contributed by atoms with van der Waals surface area (Å²) in [5, 5.41) is 2.81. The predicted molar refractivity (Wildman–Crippen MR) is 117 cm³/mol. The molecule has 2 fully saturated rings. The molecule has 1 N–H and O–H groups in total. The Kier molecular flexibility index (Phi) is 8.22. The van der Waals surface area contributed by atoms with Gasteiger partial charge in [0, 0.05) is 44.5 Å². The van der Waals surface area contributed by atoms with Gasteiger partial charge in [0.15, 0.2) is 0 Å². The lowest BCUT2D eigenvalue weighted by atomic mass is 9.93. The van der Waals surface area contributed by atoms with Crippen LogP contribution >= 0.6 is 0 Å². The fourth-order valence-electron chi connectivity index (χ4n) is 4.63. The van der Waals surface area contributed by atoms with Gasteiger partial charge in [0.2, 0.25) is 11.8 Å². The van der Waals surface area contributed by atoms with E-state index in [4.69, 9.17) is 0 Å². The average molecular weight is 419 g/mol. The number of carbonyl (C=O) groups is 2. The van der Waals surface area contributed by atoms with E-state index in [1.807, 2.05) is 6.92 Å². The van der Waals surface area contributed by atoms with Crippen molar-refractivity contribution in [2.75, 3.05) is 44.6 Å². The van der Waals surface area contributed by atoms with Crippen LogP contribution in [-0.2, 0) is 9.59 Å². The van der Waals surface area contributed by atoms with Crippen LogP contribution in [0.25, 0.3) is 0 Å². The van der Waals surface area contributed by atoms with Crippen molar-refractivity contribution < 1.29 is 14.0 Å². The Morgan fingerprint density at radius 2 is 1.73 bits per heavy atom. The number of nitrogens with zero attached hydrogens (tertiary/aromatic N) is 3. The van der Waals surface area contributed by atoms with Gasteiger partial charge in [-0.1, -0.05) is 19.3 Å². The van der Waals surface area contributed by atoms with Gasteiger partial charge in [-0.25, -0.2) is 4.39 Å². The standard InChI is InChI=1S/C23H35FN4O2/c1-3-28(21-7-5-4-6-8-21)23(30)18(2)27-15-13-26(14-16-27)17-22(29)25-20-11-9-19(24)10-12-20/h9-12,18,21H,3-8,13-17H2,1-2H3,(H,25,29)/t18-/m0/s1. The summed E-state index contributed by atoms with van der Waals surface area (Å²) in [7, 11) is 0. The van der Waals surface area contributed by atoms with Gasteiger partial charge >= 0.3 is 0 Å². The maximum Gasteiger partial charge on any atom is 0.239 e. The first-order valence-electron chi connectivity index (χ1n) is 11.3. The van der Waals surface area contributed by atoms with Crippen LogP contribution in [0.2, 0.25) is 0 Å². The van der Waals surface area contributed by atoms with Crippen LogP contribution in [0.3, 0.4) is 0 Å². The number of hydrogen-bond donors (Lipinski definition) is 1. The molecule has 166 valence electrons. The quantitative estimate of drug-likeness (QED) is 0.740. The van der Waals surface area contributed by atoms with Gasteiger partial charge in [0.25, 0.3) is 0 Å². The van der Waals surface area contributed by atoms with Crippen LogP contribution in [0.5, 0.6) is 0 Å². The van der Waals surface area contributed by atoms with E-state index in [2.05, 4.69) is 26.9 Å². The van der Waals surface area contributed by atoms with Crippen LogP contribution in [-0.4, -0.2) is 77.9 Å². The number of likely N-dealkylation sites (N-methyl/N-ethyl adjacent to an activating group) is 1. The Hall–Kier alpha value is -1.99. The maximum atomic E-state index is 13.1. The van der Waals surface area contributed by atoms with E-state index < -0.39 is 0 Å². The van der Waals surface area contributed by atoms with Crippen LogP contribution in [0.15, 0.2) is 24.3 Å². The number of nitrogens with one attached hydrogen (secondary N) is 1. The zero-order chi connectivity index (χ0) is 21.5. The molecule has 0 spiro atoms. The molecule has 1 aliphatic carbocycles. The predicted octanol–water partition coefficient (Wildman–Crippen LogP) is 2.95. The number of halogens is 1. The zero-order valence-corrected chi connectivity index (χ0v) is 18.3. The van der Waals surface area contributed by atoms with Crippen LogP contribution in [0.4, 0.5) is 10.1 Å². The van der Waals surface area contributed by atoms with Gasteiger partial charge in [-0.3, -0.25) is 19.4 Å². The average Bonchev–Trinajstić information content (AvgIpc) is 2.76. The van der Waals surface area contributed by atoms with Gasteiger partial charge in [0.1, 0.15) is 5.82 Å². The SMILES string of the molecule is CCN(C(=O)[C@H](C)N1CCN(CC(=O)Nc2ccc(F)cc2)CC1)C1CCCCC1. The summed E-state index contributed by atoms with van der Waals surface area (Å²) in [6.45, 7) is 8.24. The van der Waals surface area contributed by atoms with Crippen LogP contribution in [0, 0.1) is 5.82 Å². The number of anilines is 1. The fourth-order valence-corrected chi connectivity index (χ4v) is 4.63. The van der Waals surface area contributed by atoms with E-state index in [1.54, 1.807) is 12.1 Å². The molecule has 1 aromatic carbocycles. The third-order valence-corrected chi connectivity index (χ3v) is 6.45. The lowest BCUT2D eigenvalue weighted by molar-refractivity contribution is -0.140. The third kappa shape index (κ3) is 6.01. The molecule has 2 aliphatic rings. The van der Waals surface area contributed by atoms with Crippen molar-refractivity contribution in [2.45, 2.75) is 58.0 Å². The fraction of sp³-hybridized carbons (Fsp3) is 0.652. The van der Waals surface area contributed by atoms with Crippen molar-refractivity contribution in [3.05, 3.63) is 30.1 Å². The molecule has 7 heteroatoms. The molecule has 0 radical (unpaired) electrons. The van der Waals surface area contributed by atoms with Crippen LogP contribution in [0.1, 0.15) is 46.0 Å². The molecule has 6 nitrogen and oxygen atoms in total. The van der Waals surface area contributed by atoms with Crippen molar-refractivity contribution in [3.8, 4) is 0 Å². The first-order chi connectivity index (χ1) is 14.5. The minimum atomic E-state index is -0.321. The van der Waals surface area contributed by atoms with Crippen molar-refractivity contribution in [3.63, 3.8) is 0 Å². The molecule has 30 heavy (non-hydrogen) atoms. The second kappa shape index (κ2) is 10.9. The van der Waals surface area contributed by atoms with Gasteiger partial charge in [0.05, 0.1) is 12.6 Å². The Morgan fingerprint density at radius 3 is 2.33 bits per heavy atom. The van der Waals surface area contributed by atoms with Crippen molar-refractivity contribution in [2.24, 2.45) is 0 Å². The maximum absolute atomic E-state index is 13.1. The molecule has 2 amide bonds. The molecule has 1 aliphatic heterocycles. The van der Waals surface area contributed by atoms with Crippen molar-refractivity contribution >= 4 is 17.5 Å². The molecule has 1 saturated heterocycles. The number of piperazine rings is 1.